The number of aliphatic imine (C=N–C) groups is 1. The number of hydrogen-bond donors (Lipinski definition) is 2. The van der Waals surface area contributed by atoms with Crippen molar-refractivity contribution in [3.05, 3.63) is 34.8 Å². The minimum atomic E-state index is 0.0654. The van der Waals surface area contributed by atoms with Gasteiger partial charge < -0.3 is 11.1 Å². The first kappa shape index (κ1) is 12.1. The van der Waals surface area contributed by atoms with Crippen LogP contribution >= 0.6 is 11.8 Å². The van der Waals surface area contributed by atoms with E-state index in [-0.39, 0.29) is 6.04 Å². The predicted octanol–water partition coefficient (Wildman–Crippen LogP) is 1.30. The fourth-order valence-electron chi connectivity index (χ4n) is 1.41. The number of nitrogens with two attached hydrogens (primary N) is 1. The van der Waals surface area contributed by atoms with E-state index in [2.05, 4.69) is 28.7 Å². The summed E-state index contributed by atoms with van der Waals surface area (Å²) in [6, 6.07) is 0.0654. The zero-order chi connectivity index (χ0) is 11.1. The molecule has 0 aliphatic heterocycles. The summed E-state index contributed by atoms with van der Waals surface area (Å²) in [5.41, 5.74) is 6.59. The van der Waals surface area contributed by atoms with E-state index in [1.807, 2.05) is 19.2 Å². The van der Waals surface area contributed by atoms with E-state index in [4.69, 9.17) is 5.73 Å². The molecule has 3 nitrogen and oxygen atoms in total. The lowest BCUT2D eigenvalue weighted by Gasteiger charge is -2.09. The van der Waals surface area contributed by atoms with E-state index >= 15 is 0 Å². The summed E-state index contributed by atoms with van der Waals surface area (Å²) in [5.74, 6) is 0. The molecule has 1 aliphatic rings. The molecule has 3 N–H and O–H groups in total. The van der Waals surface area contributed by atoms with Crippen molar-refractivity contribution >= 4 is 18.1 Å². The number of likely N-dealkylation sites (N-methyl/N-ethyl adjacent to an activating group) is 1. The number of rotatable bonds is 4. The zero-order valence-electron chi connectivity index (χ0n) is 9.10. The standard InChI is InChI=1S/C11H17N3S/c1-13-7-9-4-3-5-10(14-8-12)11(6-9)15-2/h3-6,8,10,13H,7H2,1-2H3,(H2,12,14). The van der Waals surface area contributed by atoms with Gasteiger partial charge in [-0.1, -0.05) is 18.2 Å². The predicted molar refractivity (Wildman–Crippen MR) is 69.2 cm³/mol. The summed E-state index contributed by atoms with van der Waals surface area (Å²) in [7, 11) is 1.94. The second kappa shape index (κ2) is 6.48. The van der Waals surface area contributed by atoms with Crippen LogP contribution in [0.25, 0.3) is 0 Å². The van der Waals surface area contributed by atoms with Crippen LogP contribution in [0.2, 0.25) is 0 Å². The highest BCUT2D eigenvalue weighted by atomic mass is 32.2. The molecule has 0 amide bonds. The highest BCUT2D eigenvalue weighted by Gasteiger charge is 2.10. The van der Waals surface area contributed by atoms with Gasteiger partial charge in [0.1, 0.15) is 6.04 Å². The highest BCUT2D eigenvalue weighted by Crippen LogP contribution is 2.24. The van der Waals surface area contributed by atoms with Gasteiger partial charge in [-0.3, -0.25) is 4.99 Å². The lowest BCUT2D eigenvalue weighted by molar-refractivity contribution is 0.894. The molecule has 0 aromatic heterocycles. The first-order chi connectivity index (χ1) is 7.31. The van der Waals surface area contributed by atoms with E-state index in [0.29, 0.717) is 0 Å². The van der Waals surface area contributed by atoms with Crippen LogP contribution in [0, 0.1) is 0 Å². The van der Waals surface area contributed by atoms with Gasteiger partial charge in [-0.05, 0) is 25.0 Å². The third-order valence-electron chi connectivity index (χ3n) is 2.09. The summed E-state index contributed by atoms with van der Waals surface area (Å²) >= 11 is 1.71. The molecule has 1 rings (SSSR count). The molecule has 0 aromatic carbocycles. The maximum Gasteiger partial charge on any atom is 0.101 e. The second-order valence-corrected chi connectivity index (χ2v) is 4.03. The van der Waals surface area contributed by atoms with Crippen LogP contribution < -0.4 is 11.1 Å². The molecule has 0 fully saturated rings. The van der Waals surface area contributed by atoms with Gasteiger partial charge in [0.15, 0.2) is 0 Å². The Hall–Kier alpha value is -1.00. The van der Waals surface area contributed by atoms with Crippen LogP contribution in [0.4, 0.5) is 0 Å². The van der Waals surface area contributed by atoms with Gasteiger partial charge in [0.25, 0.3) is 0 Å². The van der Waals surface area contributed by atoms with Crippen LogP contribution in [-0.4, -0.2) is 32.2 Å². The molecule has 82 valence electrons. The number of allylic oxidation sites excluding steroid dienone is 2. The molecule has 0 heterocycles. The minimum Gasteiger partial charge on any atom is -0.390 e. The Morgan fingerprint density at radius 2 is 2.47 bits per heavy atom. The van der Waals surface area contributed by atoms with Gasteiger partial charge in [-0.2, -0.15) is 0 Å². The second-order valence-electron chi connectivity index (χ2n) is 3.15. The van der Waals surface area contributed by atoms with Gasteiger partial charge in [-0.25, -0.2) is 0 Å². The van der Waals surface area contributed by atoms with Gasteiger partial charge in [-0.15, -0.1) is 11.8 Å². The van der Waals surface area contributed by atoms with E-state index in [9.17, 15) is 0 Å². The molecule has 1 aliphatic carbocycles. The molecule has 15 heavy (non-hydrogen) atoms. The van der Waals surface area contributed by atoms with Crippen molar-refractivity contribution in [3.63, 3.8) is 0 Å². The molecular formula is C11H17N3S. The van der Waals surface area contributed by atoms with Crippen molar-refractivity contribution in [2.45, 2.75) is 6.04 Å². The molecule has 1 unspecified atom stereocenters. The first-order valence-corrected chi connectivity index (χ1v) is 6.05. The Morgan fingerprint density at radius 3 is 3.07 bits per heavy atom. The van der Waals surface area contributed by atoms with Gasteiger partial charge >= 0.3 is 0 Å². The summed E-state index contributed by atoms with van der Waals surface area (Å²) in [6.45, 7) is 0.869. The molecular weight excluding hydrogens is 206 g/mol. The quantitative estimate of drug-likeness (QED) is 0.558. The molecule has 0 saturated carbocycles. The van der Waals surface area contributed by atoms with E-state index in [1.165, 1.54) is 16.8 Å². The van der Waals surface area contributed by atoms with E-state index in [1.54, 1.807) is 11.8 Å². The first-order valence-electron chi connectivity index (χ1n) is 4.82. The van der Waals surface area contributed by atoms with Gasteiger partial charge in [0.2, 0.25) is 0 Å². The molecule has 0 saturated heterocycles. The summed E-state index contributed by atoms with van der Waals surface area (Å²) in [4.78, 5) is 5.43. The maximum absolute atomic E-state index is 5.33. The van der Waals surface area contributed by atoms with Crippen molar-refractivity contribution in [3.8, 4) is 0 Å². The third-order valence-corrected chi connectivity index (χ3v) is 2.92. The molecule has 1 atom stereocenters. The van der Waals surface area contributed by atoms with Crippen LogP contribution in [0.1, 0.15) is 0 Å². The summed E-state index contributed by atoms with van der Waals surface area (Å²) in [5, 5.41) is 3.14. The lowest BCUT2D eigenvalue weighted by Crippen LogP contribution is -2.10. The Kier molecular flexibility index (Phi) is 5.21. The van der Waals surface area contributed by atoms with Crippen LogP contribution in [-0.2, 0) is 0 Å². The van der Waals surface area contributed by atoms with Crippen LogP contribution in [0.3, 0.4) is 0 Å². The molecule has 0 aromatic rings. The normalized spacial score (nSPS) is 21.3. The summed E-state index contributed by atoms with van der Waals surface area (Å²) < 4.78 is 0. The van der Waals surface area contributed by atoms with Crippen molar-refractivity contribution in [1.82, 2.24) is 5.32 Å². The molecule has 0 bridgehead atoms. The molecule has 0 radical (unpaired) electrons. The highest BCUT2D eigenvalue weighted by molar-refractivity contribution is 8.02. The largest absolute Gasteiger partial charge is 0.390 e. The zero-order valence-corrected chi connectivity index (χ0v) is 9.92. The van der Waals surface area contributed by atoms with Gasteiger partial charge in [0.05, 0.1) is 6.34 Å². The smallest absolute Gasteiger partial charge is 0.101 e. The SMILES string of the molecule is CNCC1=CC=CC(N=CN)C(SC)=C1. The topological polar surface area (TPSA) is 50.4 Å². The minimum absolute atomic E-state index is 0.0654. The molecule has 0 spiro atoms. The monoisotopic (exact) mass is 223 g/mol. The van der Waals surface area contributed by atoms with E-state index in [0.717, 1.165) is 6.54 Å². The number of hydrogen-bond acceptors (Lipinski definition) is 3. The number of nitrogens with one attached hydrogen (secondary N) is 1. The summed E-state index contributed by atoms with van der Waals surface area (Å²) in [6.07, 6.45) is 11.8. The van der Waals surface area contributed by atoms with E-state index < -0.39 is 0 Å². The maximum atomic E-state index is 5.33. The fraction of sp³-hybridized carbons (Fsp3) is 0.364. The Bertz CT molecular complexity index is 316. The average Bonchev–Trinajstić information content (AvgIpc) is 2.42. The molecule has 4 heteroatoms. The van der Waals surface area contributed by atoms with Crippen molar-refractivity contribution < 1.29 is 0 Å². The van der Waals surface area contributed by atoms with Crippen molar-refractivity contribution in [2.75, 3.05) is 19.8 Å². The Balaban J connectivity index is 2.89. The van der Waals surface area contributed by atoms with Gasteiger partial charge in [0, 0.05) is 11.4 Å². The lowest BCUT2D eigenvalue weighted by atomic mass is 10.2. The van der Waals surface area contributed by atoms with Crippen molar-refractivity contribution in [2.24, 2.45) is 10.7 Å². The Morgan fingerprint density at radius 1 is 1.67 bits per heavy atom. The van der Waals surface area contributed by atoms with Crippen LogP contribution in [0.5, 0.6) is 0 Å². The average molecular weight is 223 g/mol. The number of thioether (sulfide) groups is 1. The Labute approximate surface area is 95.2 Å². The number of nitrogens with zero attached hydrogens (tertiary/aromatic N) is 1. The fourth-order valence-corrected chi connectivity index (χ4v) is 2.06. The van der Waals surface area contributed by atoms with Crippen molar-refractivity contribution in [1.29, 1.82) is 0 Å². The van der Waals surface area contributed by atoms with Crippen LogP contribution in [0.15, 0.2) is 39.8 Å². The third kappa shape index (κ3) is 3.57.